The van der Waals surface area contributed by atoms with Gasteiger partial charge in [0.2, 0.25) is 5.91 Å². The van der Waals surface area contributed by atoms with Crippen molar-refractivity contribution < 1.29 is 9.59 Å². The van der Waals surface area contributed by atoms with Crippen molar-refractivity contribution in [1.82, 2.24) is 20.4 Å². The van der Waals surface area contributed by atoms with Gasteiger partial charge in [0.25, 0.3) is 5.91 Å². The number of unbranched alkanes of at least 4 members (excludes halogenated alkanes) is 1. The minimum absolute atomic E-state index is 0.0507. The molecule has 1 aliphatic carbocycles. The Bertz CT molecular complexity index is 1010. The number of aryl methyl sites for hydroxylation is 3. The van der Waals surface area contributed by atoms with E-state index in [0.717, 1.165) is 49.2 Å². The topological polar surface area (TPSA) is 100 Å². The fourth-order valence-corrected chi connectivity index (χ4v) is 5.51. The lowest BCUT2D eigenvalue weighted by Gasteiger charge is -2.25. The standard InChI is InChI=1S/C23H34N6O2S2/c1-5-7-11-24-21(31)20-16-13-15(25-23(32)26-18-12-14(3)28-29(18)4)9-10-17(16)33-22(20)27-19(30)8-6-2/h12,15H,5-11,13H2,1-4H3,(H,24,31)(H,27,30)(H2,25,26,32). The summed E-state index contributed by atoms with van der Waals surface area (Å²) < 4.78 is 1.76. The number of hydrogen-bond acceptors (Lipinski definition) is 5. The molecule has 8 nitrogen and oxygen atoms in total. The number of carbonyl (C=O) groups excluding carboxylic acids is 2. The molecule has 0 aromatic carbocycles. The van der Waals surface area contributed by atoms with Crippen LogP contribution in [0.25, 0.3) is 0 Å². The summed E-state index contributed by atoms with van der Waals surface area (Å²) in [5, 5.41) is 18.2. The van der Waals surface area contributed by atoms with Crippen LogP contribution in [0.1, 0.15) is 72.4 Å². The molecule has 0 radical (unpaired) electrons. The second-order valence-electron chi connectivity index (χ2n) is 8.45. The molecule has 33 heavy (non-hydrogen) atoms. The summed E-state index contributed by atoms with van der Waals surface area (Å²) in [6.45, 7) is 6.62. The molecule has 1 atom stereocenters. The third-order valence-corrected chi connectivity index (χ3v) is 7.04. The molecule has 0 bridgehead atoms. The Morgan fingerprint density at radius 1 is 1.27 bits per heavy atom. The number of anilines is 2. The van der Waals surface area contributed by atoms with Gasteiger partial charge in [0.15, 0.2) is 5.11 Å². The maximum Gasteiger partial charge on any atom is 0.254 e. The van der Waals surface area contributed by atoms with Gasteiger partial charge in [-0.25, -0.2) is 0 Å². The molecule has 0 fully saturated rings. The molecular formula is C23H34N6O2S2. The summed E-state index contributed by atoms with van der Waals surface area (Å²) in [5.41, 5.74) is 2.55. The highest BCUT2D eigenvalue weighted by Crippen LogP contribution is 2.38. The van der Waals surface area contributed by atoms with Crippen molar-refractivity contribution in [1.29, 1.82) is 0 Å². The van der Waals surface area contributed by atoms with Crippen LogP contribution in [0.3, 0.4) is 0 Å². The van der Waals surface area contributed by atoms with Crippen LogP contribution >= 0.6 is 23.6 Å². The lowest BCUT2D eigenvalue weighted by Crippen LogP contribution is -2.41. The van der Waals surface area contributed by atoms with Crippen molar-refractivity contribution in [3.63, 3.8) is 0 Å². The number of nitrogens with one attached hydrogen (secondary N) is 4. The molecule has 0 spiro atoms. The molecule has 180 valence electrons. The number of carbonyl (C=O) groups is 2. The van der Waals surface area contributed by atoms with E-state index in [1.54, 1.807) is 4.68 Å². The molecule has 3 rings (SSSR count). The molecule has 2 heterocycles. The van der Waals surface area contributed by atoms with Gasteiger partial charge in [0.1, 0.15) is 10.8 Å². The zero-order valence-corrected chi connectivity index (χ0v) is 21.5. The number of amides is 2. The average Bonchev–Trinajstić information content (AvgIpc) is 3.26. The summed E-state index contributed by atoms with van der Waals surface area (Å²) in [6.07, 6.45) is 5.56. The molecular weight excluding hydrogens is 456 g/mol. The quantitative estimate of drug-likeness (QED) is 0.314. The van der Waals surface area contributed by atoms with E-state index < -0.39 is 0 Å². The van der Waals surface area contributed by atoms with Crippen molar-refractivity contribution in [2.45, 2.75) is 71.8 Å². The number of hydrogen-bond donors (Lipinski definition) is 4. The molecule has 2 amide bonds. The Balaban J connectivity index is 1.75. The Hall–Kier alpha value is -2.46. The zero-order valence-electron chi connectivity index (χ0n) is 19.8. The first-order valence-electron chi connectivity index (χ1n) is 11.6. The number of fused-ring (bicyclic) bond motifs is 1. The maximum absolute atomic E-state index is 13.1. The minimum Gasteiger partial charge on any atom is -0.359 e. The van der Waals surface area contributed by atoms with Crippen LogP contribution in [0, 0.1) is 6.92 Å². The first kappa shape index (κ1) is 25.2. The van der Waals surface area contributed by atoms with E-state index in [1.807, 2.05) is 27.0 Å². The van der Waals surface area contributed by atoms with Crippen LogP contribution < -0.4 is 21.3 Å². The zero-order chi connectivity index (χ0) is 24.0. The molecule has 1 unspecified atom stereocenters. The predicted molar refractivity (Wildman–Crippen MR) is 138 cm³/mol. The highest BCUT2D eigenvalue weighted by molar-refractivity contribution is 7.80. The summed E-state index contributed by atoms with van der Waals surface area (Å²) in [6, 6.07) is 2.04. The minimum atomic E-state index is -0.112. The van der Waals surface area contributed by atoms with E-state index in [-0.39, 0.29) is 17.9 Å². The van der Waals surface area contributed by atoms with Crippen LogP contribution in [0.15, 0.2) is 6.07 Å². The number of rotatable bonds is 9. The first-order valence-corrected chi connectivity index (χ1v) is 12.9. The monoisotopic (exact) mass is 490 g/mol. The second kappa shape index (κ2) is 11.6. The van der Waals surface area contributed by atoms with Crippen LogP contribution in [-0.4, -0.2) is 39.3 Å². The first-order chi connectivity index (χ1) is 15.8. The molecule has 2 aromatic heterocycles. The molecule has 0 aliphatic heterocycles. The average molecular weight is 491 g/mol. The number of thiocarbonyl (C=S) groups is 1. The van der Waals surface area contributed by atoms with Crippen LogP contribution in [0.2, 0.25) is 0 Å². The van der Waals surface area contributed by atoms with Crippen molar-refractivity contribution in [3.05, 3.63) is 27.8 Å². The fourth-order valence-electron chi connectivity index (χ4n) is 3.98. The smallest absolute Gasteiger partial charge is 0.254 e. The van der Waals surface area contributed by atoms with E-state index >= 15 is 0 Å². The van der Waals surface area contributed by atoms with Gasteiger partial charge in [-0.05, 0) is 56.8 Å². The highest BCUT2D eigenvalue weighted by atomic mass is 32.1. The van der Waals surface area contributed by atoms with Crippen LogP contribution in [0.5, 0.6) is 0 Å². The molecule has 0 saturated carbocycles. The third-order valence-electron chi connectivity index (χ3n) is 5.61. The Morgan fingerprint density at radius 3 is 2.73 bits per heavy atom. The Kier molecular flexibility index (Phi) is 8.85. The van der Waals surface area contributed by atoms with Gasteiger partial charge < -0.3 is 21.3 Å². The maximum atomic E-state index is 13.1. The van der Waals surface area contributed by atoms with E-state index in [4.69, 9.17) is 12.2 Å². The van der Waals surface area contributed by atoms with Gasteiger partial charge in [-0.3, -0.25) is 14.3 Å². The highest BCUT2D eigenvalue weighted by Gasteiger charge is 2.30. The van der Waals surface area contributed by atoms with Crippen molar-refractivity contribution in [2.24, 2.45) is 7.05 Å². The second-order valence-corrected chi connectivity index (χ2v) is 9.96. The summed E-state index contributed by atoms with van der Waals surface area (Å²) in [4.78, 5) is 26.6. The SMILES string of the molecule is CCCCNC(=O)c1c(NC(=O)CCC)sc2c1CC(NC(=S)Nc1cc(C)nn1C)CC2. The summed E-state index contributed by atoms with van der Waals surface area (Å²) in [7, 11) is 1.87. The summed E-state index contributed by atoms with van der Waals surface area (Å²) >= 11 is 7.07. The number of nitrogens with zero attached hydrogens (tertiary/aromatic N) is 2. The molecule has 2 aromatic rings. The van der Waals surface area contributed by atoms with Gasteiger partial charge >= 0.3 is 0 Å². The van der Waals surface area contributed by atoms with Crippen LogP contribution in [0.4, 0.5) is 10.8 Å². The van der Waals surface area contributed by atoms with Crippen molar-refractivity contribution in [2.75, 3.05) is 17.2 Å². The molecule has 4 N–H and O–H groups in total. The Labute approximate surface area is 204 Å². The molecule has 10 heteroatoms. The lowest BCUT2D eigenvalue weighted by molar-refractivity contribution is -0.116. The van der Waals surface area contributed by atoms with E-state index in [0.29, 0.717) is 35.1 Å². The van der Waals surface area contributed by atoms with Gasteiger partial charge in [0, 0.05) is 37.0 Å². The lowest BCUT2D eigenvalue weighted by atomic mass is 9.91. The molecule has 0 saturated heterocycles. The van der Waals surface area contributed by atoms with E-state index in [1.165, 1.54) is 16.2 Å². The van der Waals surface area contributed by atoms with Crippen molar-refractivity contribution in [3.8, 4) is 0 Å². The van der Waals surface area contributed by atoms with Crippen LogP contribution in [-0.2, 0) is 24.7 Å². The summed E-state index contributed by atoms with van der Waals surface area (Å²) in [5.74, 6) is 0.665. The van der Waals surface area contributed by atoms with E-state index in [9.17, 15) is 9.59 Å². The fraction of sp³-hybridized carbons (Fsp3) is 0.565. The normalized spacial score (nSPS) is 15.0. The number of thiophene rings is 1. The van der Waals surface area contributed by atoms with Crippen molar-refractivity contribution >= 4 is 51.3 Å². The largest absolute Gasteiger partial charge is 0.359 e. The third kappa shape index (κ3) is 6.54. The van der Waals surface area contributed by atoms with E-state index in [2.05, 4.69) is 33.3 Å². The van der Waals surface area contributed by atoms with Gasteiger partial charge in [-0.15, -0.1) is 11.3 Å². The van der Waals surface area contributed by atoms with Gasteiger partial charge in [-0.1, -0.05) is 20.3 Å². The number of aromatic nitrogens is 2. The molecule has 1 aliphatic rings. The Morgan fingerprint density at radius 2 is 2.06 bits per heavy atom. The predicted octanol–water partition coefficient (Wildman–Crippen LogP) is 3.90. The van der Waals surface area contributed by atoms with Gasteiger partial charge in [0.05, 0.1) is 11.3 Å². The van der Waals surface area contributed by atoms with Gasteiger partial charge in [-0.2, -0.15) is 5.10 Å².